The lowest BCUT2D eigenvalue weighted by Crippen LogP contribution is -2.39. The van der Waals surface area contributed by atoms with Gasteiger partial charge in [-0.3, -0.25) is 19.2 Å². The quantitative estimate of drug-likeness (QED) is 0.201. The van der Waals surface area contributed by atoms with E-state index in [1.165, 1.54) is 62.8 Å². The molecule has 0 spiro atoms. The van der Waals surface area contributed by atoms with Crippen molar-refractivity contribution < 1.29 is 32.3 Å². The second-order valence-corrected chi connectivity index (χ2v) is 9.86. The molecule has 0 unspecified atom stereocenters. The maximum Gasteiger partial charge on any atom is 0.270 e. The highest BCUT2D eigenvalue weighted by molar-refractivity contribution is 7.92. The standard InChI is InChI=1S/C26H28N4O8S/c1-5-38-22-11-9-20(10-12-22)29(39(34,35)23-13-14-24(36-3)25(16-23)37-4)17-26(31)28-27-18(2)19-7-6-8-21(15-19)30(32)33/h6-16H,5,17H2,1-4H3,(H,28,31)/b27-18-. The molecule has 39 heavy (non-hydrogen) atoms. The molecule has 1 N–H and O–H groups in total. The van der Waals surface area contributed by atoms with Crippen LogP contribution in [0.3, 0.4) is 0 Å². The predicted molar refractivity (Wildman–Crippen MR) is 145 cm³/mol. The maximum absolute atomic E-state index is 13.7. The van der Waals surface area contributed by atoms with Crippen LogP contribution >= 0.6 is 0 Å². The number of nitrogens with zero attached hydrogens (tertiary/aromatic N) is 3. The second kappa shape index (κ2) is 12.7. The van der Waals surface area contributed by atoms with E-state index in [2.05, 4.69) is 10.5 Å². The Hall–Kier alpha value is -4.65. The number of hydrazone groups is 1. The number of amides is 1. The number of hydrogen-bond acceptors (Lipinski definition) is 9. The number of methoxy groups -OCH3 is 2. The van der Waals surface area contributed by atoms with Crippen LogP contribution in [0, 0.1) is 10.1 Å². The van der Waals surface area contributed by atoms with E-state index in [-0.39, 0.29) is 22.0 Å². The molecule has 12 nitrogen and oxygen atoms in total. The summed E-state index contributed by atoms with van der Waals surface area (Å²) >= 11 is 0. The van der Waals surface area contributed by atoms with Crippen molar-refractivity contribution in [2.75, 3.05) is 31.7 Å². The molecule has 0 heterocycles. The number of nitro groups is 1. The Kier molecular flexibility index (Phi) is 9.44. The molecule has 0 aliphatic carbocycles. The van der Waals surface area contributed by atoms with Gasteiger partial charge in [0.05, 0.1) is 42.0 Å². The molecule has 3 rings (SSSR count). The van der Waals surface area contributed by atoms with Crippen LogP contribution in [0.4, 0.5) is 11.4 Å². The zero-order chi connectivity index (χ0) is 28.6. The van der Waals surface area contributed by atoms with E-state index in [0.717, 1.165) is 4.31 Å². The fourth-order valence-corrected chi connectivity index (χ4v) is 4.95. The first kappa shape index (κ1) is 28.9. The Bertz CT molecular complexity index is 1470. The van der Waals surface area contributed by atoms with E-state index in [9.17, 15) is 23.3 Å². The molecule has 0 fully saturated rings. The molecule has 0 radical (unpaired) electrons. The number of anilines is 1. The molecular formula is C26H28N4O8S. The van der Waals surface area contributed by atoms with Gasteiger partial charge in [0, 0.05) is 23.8 Å². The Labute approximate surface area is 226 Å². The first-order valence-electron chi connectivity index (χ1n) is 11.7. The monoisotopic (exact) mass is 556 g/mol. The number of carbonyl (C=O) groups excluding carboxylic acids is 1. The minimum atomic E-state index is -4.27. The van der Waals surface area contributed by atoms with Gasteiger partial charge in [-0.25, -0.2) is 13.8 Å². The summed E-state index contributed by atoms with van der Waals surface area (Å²) in [5.74, 6) is 0.337. The number of nitro benzene ring substituents is 1. The Balaban J connectivity index is 1.93. The summed E-state index contributed by atoms with van der Waals surface area (Å²) in [5, 5.41) is 15.1. The highest BCUT2D eigenvalue weighted by Crippen LogP contribution is 2.32. The SMILES string of the molecule is CCOc1ccc(N(CC(=O)N/N=C(/C)c2cccc([N+](=O)[O-])c2)S(=O)(=O)c2ccc(OC)c(OC)c2)cc1. The van der Waals surface area contributed by atoms with Gasteiger partial charge >= 0.3 is 0 Å². The molecule has 0 saturated heterocycles. The van der Waals surface area contributed by atoms with Gasteiger partial charge in [0.25, 0.3) is 21.6 Å². The van der Waals surface area contributed by atoms with E-state index < -0.39 is 27.4 Å². The second-order valence-electron chi connectivity index (χ2n) is 8.00. The fourth-order valence-electron chi connectivity index (χ4n) is 3.52. The van der Waals surface area contributed by atoms with Crippen LogP contribution in [0.1, 0.15) is 19.4 Å². The van der Waals surface area contributed by atoms with Gasteiger partial charge in [-0.05, 0) is 50.2 Å². The van der Waals surface area contributed by atoms with Crippen molar-refractivity contribution >= 4 is 33.0 Å². The number of benzene rings is 3. The van der Waals surface area contributed by atoms with Crippen LogP contribution < -0.4 is 23.9 Å². The molecule has 0 atom stereocenters. The Morgan fingerprint density at radius 3 is 2.33 bits per heavy atom. The van der Waals surface area contributed by atoms with Gasteiger partial charge < -0.3 is 14.2 Å². The van der Waals surface area contributed by atoms with Crippen LogP contribution in [-0.4, -0.2) is 52.3 Å². The first-order chi connectivity index (χ1) is 18.6. The lowest BCUT2D eigenvalue weighted by atomic mass is 10.1. The van der Waals surface area contributed by atoms with Crippen molar-refractivity contribution in [1.82, 2.24) is 5.43 Å². The number of rotatable bonds is 12. The van der Waals surface area contributed by atoms with E-state index in [1.807, 2.05) is 6.92 Å². The topological polar surface area (TPSA) is 150 Å². The van der Waals surface area contributed by atoms with E-state index in [0.29, 0.717) is 29.4 Å². The van der Waals surface area contributed by atoms with E-state index in [1.54, 1.807) is 25.1 Å². The highest BCUT2D eigenvalue weighted by atomic mass is 32.2. The lowest BCUT2D eigenvalue weighted by Gasteiger charge is -2.24. The average molecular weight is 557 g/mol. The lowest BCUT2D eigenvalue weighted by molar-refractivity contribution is -0.384. The molecule has 0 aromatic heterocycles. The molecule has 0 aliphatic heterocycles. The average Bonchev–Trinajstić information content (AvgIpc) is 2.94. The van der Waals surface area contributed by atoms with Crippen LogP contribution in [0.15, 0.2) is 76.7 Å². The normalized spacial score (nSPS) is 11.4. The zero-order valence-electron chi connectivity index (χ0n) is 21.8. The van der Waals surface area contributed by atoms with Crippen LogP contribution in [-0.2, 0) is 14.8 Å². The molecule has 0 bridgehead atoms. The van der Waals surface area contributed by atoms with E-state index >= 15 is 0 Å². The maximum atomic E-state index is 13.7. The summed E-state index contributed by atoms with van der Waals surface area (Å²) in [6.07, 6.45) is 0. The molecule has 0 saturated carbocycles. The highest BCUT2D eigenvalue weighted by Gasteiger charge is 2.28. The minimum Gasteiger partial charge on any atom is -0.494 e. The van der Waals surface area contributed by atoms with Gasteiger partial charge in [0.2, 0.25) is 0 Å². The molecule has 3 aromatic rings. The zero-order valence-corrected chi connectivity index (χ0v) is 22.6. The smallest absolute Gasteiger partial charge is 0.270 e. The molecule has 1 amide bonds. The van der Waals surface area contributed by atoms with Gasteiger partial charge in [-0.15, -0.1) is 0 Å². The van der Waals surface area contributed by atoms with Crippen molar-refractivity contribution in [1.29, 1.82) is 0 Å². The van der Waals surface area contributed by atoms with Crippen LogP contribution in [0.25, 0.3) is 0 Å². The van der Waals surface area contributed by atoms with Crippen molar-refractivity contribution in [3.63, 3.8) is 0 Å². The van der Waals surface area contributed by atoms with Crippen molar-refractivity contribution in [2.45, 2.75) is 18.7 Å². The van der Waals surface area contributed by atoms with E-state index in [4.69, 9.17) is 14.2 Å². The molecular weight excluding hydrogens is 528 g/mol. The number of ether oxygens (including phenoxy) is 3. The number of nitrogens with one attached hydrogen (secondary N) is 1. The summed E-state index contributed by atoms with van der Waals surface area (Å²) in [6.45, 7) is 3.19. The van der Waals surface area contributed by atoms with Crippen molar-refractivity contribution in [2.24, 2.45) is 5.10 Å². The van der Waals surface area contributed by atoms with Gasteiger partial charge in [0.1, 0.15) is 12.3 Å². The number of non-ortho nitro benzene ring substituents is 1. The largest absolute Gasteiger partial charge is 0.494 e. The number of hydrogen-bond donors (Lipinski definition) is 1. The van der Waals surface area contributed by atoms with Gasteiger partial charge in [-0.1, -0.05) is 12.1 Å². The molecule has 3 aromatic carbocycles. The van der Waals surface area contributed by atoms with Crippen molar-refractivity contribution in [3.05, 3.63) is 82.4 Å². The Morgan fingerprint density at radius 2 is 1.72 bits per heavy atom. The third-order valence-electron chi connectivity index (χ3n) is 5.49. The summed E-state index contributed by atoms with van der Waals surface area (Å²) in [4.78, 5) is 23.3. The molecule has 206 valence electrons. The predicted octanol–water partition coefficient (Wildman–Crippen LogP) is 3.75. The Morgan fingerprint density at radius 1 is 1.03 bits per heavy atom. The van der Waals surface area contributed by atoms with Gasteiger partial charge in [-0.2, -0.15) is 5.10 Å². The minimum absolute atomic E-state index is 0.127. The number of sulfonamides is 1. The molecule has 13 heteroatoms. The summed E-state index contributed by atoms with van der Waals surface area (Å²) in [7, 11) is -1.45. The summed E-state index contributed by atoms with van der Waals surface area (Å²) in [5.41, 5.74) is 3.13. The van der Waals surface area contributed by atoms with Crippen LogP contribution in [0.5, 0.6) is 17.2 Å². The third-order valence-corrected chi connectivity index (χ3v) is 7.26. The number of carbonyl (C=O) groups is 1. The van der Waals surface area contributed by atoms with Crippen molar-refractivity contribution in [3.8, 4) is 17.2 Å². The van der Waals surface area contributed by atoms with Crippen LogP contribution in [0.2, 0.25) is 0 Å². The first-order valence-corrected chi connectivity index (χ1v) is 13.1. The third kappa shape index (κ3) is 7.02. The summed E-state index contributed by atoms with van der Waals surface area (Å²) < 4.78 is 44.3. The fraction of sp³-hybridized carbons (Fsp3) is 0.231. The summed E-state index contributed by atoms with van der Waals surface area (Å²) in [6, 6.07) is 16.1. The van der Waals surface area contributed by atoms with Gasteiger partial charge in [0.15, 0.2) is 11.5 Å². The molecule has 0 aliphatic rings.